The SMILES string of the molecule is Cc1cnc2c(c1)CC1(CCN(C)CC1)C(=O)N2.Cc1cnc2c(c1)CCC(=O)N2. The van der Waals surface area contributed by atoms with Crippen LogP contribution in [-0.2, 0) is 22.4 Å². The molecule has 3 aliphatic rings. The molecule has 0 bridgehead atoms. The lowest BCUT2D eigenvalue weighted by Crippen LogP contribution is -2.49. The summed E-state index contributed by atoms with van der Waals surface area (Å²) in [6.07, 6.45) is 7.71. The summed E-state index contributed by atoms with van der Waals surface area (Å²) in [5.41, 5.74) is 4.45. The first-order valence-electron chi connectivity index (χ1n) is 10.6. The average Bonchev–Trinajstić information content (AvgIpc) is 2.72. The zero-order valence-corrected chi connectivity index (χ0v) is 17.9. The normalized spacial score (nSPS) is 19.7. The number of aryl methyl sites for hydroxylation is 3. The molecule has 2 N–H and O–H groups in total. The number of hydrogen-bond acceptors (Lipinski definition) is 5. The molecule has 30 heavy (non-hydrogen) atoms. The van der Waals surface area contributed by atoms with E-state index in [0.29, 0.717) is 6.42 Å². The Balaban J connectivity index is 0.000000158. The number of rotatable bonds is 0. The molecule has 1 saturated heterocycles. The Morgan fingerprint density at radius 1 is 0.900 bits per heavy atom. The summed E-state index contributed by atoms with van der Waals surface area (Å²) >= 11 is 0. The van der Waals surface area contributed by atoms with Crippen LogP contribution in [0, 0.1) is 19.3 Å². The van der Waals surface area contributed by atoms with Gasteiger partial charge in [0.15, 0.2) is 0 Å². The second kappa shape index (κ2) is 8.14. The molecule has 2 aromatic heterocycles. The van der Waals surface area contributed by atoms with Crippen LogP contribution in [0.2, 0.25) is 0 Å². The van der Waals surface area contributed by atoms with E-state index < -0.39 is 0 Å². The number of nitrogens with zero attached hydrogens (tertiary/aromatic N) is 3. The lowest BCUT2D eigenvalue weighted by molar-refractivity contribution is -0.128. The zero-order chi connectivity index (χ0) is 21.3. The summed E-state index contributed by atoms with van der Waals surface area (Å²) in [5, 5.41) is 5.73. The molecule has 2 amide bonds. The maximum absolute atomic E-state index is 12.4. The number of nitrogens with one attached hydrogen (secondary N) is 2. The lowest BCUT2D eigenvalue weighted by Gasteiger charge is -2.42. The number of hydrogen-bond donors (Lipinski definition) is 2. The van der Waals surface area contributed by atoms with Crippen molar-refractivity contribution in [3.8, 4) is 0 Å². The first kappa shape index (κ1) is 20.5. The van der Waals surface area contributed by atoms with Crippen molar-refractivity contribution in [3.05, 3.63) is 46.8 Å². The van der Waals surface area contributed by atoms with Crippen molar-refractivity contribution < 1.29 is 9.59 Å². The summed E-state index contributed by atoms with van der Waals surface area (Å²) < 4.78 is 0. The van der Waals surface area contributed by atoms with Gasteiger partial charge in [-0.1, -0.05) is 12.1 Å². The number of pyridine rings is 2. The first-order valence-corrected chi connectivity index (χ1v) is 10.6. The second-order valence-electron chi connectivity index (χ2n) is 8.80. The number of aromatic nitrogens is 2. The van der Waals surface area contributed by atoms with E-state index in [1.807, 2.05) is 20.0 Å². The maximum atomic E-state index is 12.4. The highest BCUT2D eigenvalue weighted by Crippen LogP contribution is 2.40. The van der Waals surface area contributed by atoms with Crippen LogP contribution in [0.3, 0.4) is 0 Å². The molecule has 0 atom stereocenters. The molecule has 0 aliphatic carbocycles. The van der Waals surface area contributed by atoms with E-state index in [1.54, 1.807) is 6.20 Å². The van der Waals surface area contributed by atoms with Gasteiger partial charge < -0.3 is 15.5 Å². The van der Waals surface area contributed by atoms with Gasteiger partial charge in [0, 0.05) is 18.8 Å². The molecule has 7 nitrogen and oxygen atoms in total. The second-order valence-corrected chi connectivity index (χ2v) is 8.80. The fourth-order valence-electron chi connectivity index (χ4n) is 4.39. The van der Waals surface area contributed by atoms with Gasteiger partial charge in [-0.2, -0.15) is 0 Å². The predicted molar refractivity (Wildman–Crippen MR) is 116 cm³/mol. The van der Waals surface area contributed by atoms with Crippen LogP contribution in [0.25, 0.3) is 0 Å². The molecule has 3 aliphatic heterocycles. The van der Waals surface area contributed by atoms with E-state index in [2.05, 4.69) is 44.7 Å². The number of fused-ring (bicyclic) bond motifs is 2. The Bertz CT molecular complexity index is 980. The quantitative estimate of drug-likeness (QED) is 0.701. The molecule has 7 heteroatoms. The molecule has 0 unspecified atom stereocenters. The van der Waals surface area contributed by atoms with E-state index >= 15 is 0 Å². The minimum absolute atomic E-state index is 0.0684. The van der Waals surface area contributed by atoms with Crippen molar-refractivity contribution in [3.63, 3.8) is 0 Å². The van der Waals surface area contributed by atoms with Gasteiger partial charge in [0.1, 0.15) is 11.6 Å². The third kappa shape index (κ3) is 4.21. The molecule has 158 valence electrons. The van der Waals surface area contributed by atoms with Crippen LogP contribution in [0.15, 0.2) is 24.5 Å². The third-order valence-corrected chi connectivity index (χ3v) is 6.27. The smallest absolute Gasteiger partial charge is 0.232 e. The van der Waals surface area contributed by atoms with Crippen molar-refractivity contribution in [2.24, 2.45) is 5.41 Å². The van der Waals surface area contributed by atoms with E-state index in [-0.39, 0.29) is 17.2 Å². The monoisotopic (exact) mass is 407 g/mol. The summed E-state index contributed by atoms with van der Waals surface area (Å²) in [7, 11) is 2.12. The number of carbonyl (C=O) groups is 2. The van der Waals surface area contributed by atoms with Gasteiger partial charge in [0.2, 0.25) is 11.8 Å². The Hall–Kier alpha value is -2.80. The van der Waals surface area contributed by atoms with Crippen molar-refractivity contribution in [1.29, 1.82) is 0 Å². The van der Waals surface area contributed by atoms with Crippen molar-refractivity contribution in [2.45, 2.75) is 46.0 Å². The topological polar surface area (TPSA) is 87.2 Å². The van der Waals surface area contributed by atoms with Crippen LogP contribution in [0.1, 0.15) is 41.5 Å². The van der Waals surface area contributed by atoms with Gasteiger partial charge in [-0.05, 0) is 81.9 Å². The highest BCUT2D eigenvalue weighted by molar-refractivity contribution is 5.97. The molecule has 2 aromatic rings. The predicted octanol–water partition coefficient (Wildman–Crippen LogP) is 2.87. The van der Waals surface area contributed by atoms with Crippen LogP contribution in [0.5, 0.6) is 0 Å². The van der Waals surface area contributed by atoms with Gasteiger partial charge in [-0.15, -0.1) is 0 Å². The number of amides is 2. The minimum Gasteiger partial charge on any atom is -0.310 e. The highest BCUT2D eigenvalue weighted by atomic mass is 16.2. The molecule has 0 aromatic carbocycles. The van der Waals surface area contributed by atoms with Gasteiger partial charge in [0.25, 0.3) is 0 Å². The third-order valence-electron chi connectivity index (χ3n) is 6.27. The number of piperidine rings is 1. The number of likely N-dealkylation sites (tertiary alicyclic amines) is 1. The Morgan fingerprint density at radius 3 is 2.17 bits per heavy atom. The van der Waals surface area contributed by atoms with E-state index in [4.69, 9.17) is 0 Å². The summed E-state index contributed by atoms with van der Waals surface area (Å²) in [4.78, 5) is 34.1. The molecular formula is C23H29N5O2. The average molecular weight is 408 g/mol. The van der Waals surface area contributed by atoms with Gasteiger partial charge in [-0.25, -0.2) is 9.97 Å². The largest absolute Gasteiger partial charge is 0.310 e. The Kier molecular flexibility index (Phi) is 5.56. The molecule has 5 heterocycles. The van der Waals surface area contributed by atoms with Crippen molar-refractivity contribution in [1.82, 2.24) is 14.9 Å². The Labute approximate surface area is 177 Å². The van der Waals surface area contributed by atoms with Gasteiger partial charge in [0.05, 0.1) is 5.41 Å². The molecule has 1 spiro atoms. The van der Waals surface area contributed by atoms with E-state index in [0.717, 1.165) is 67.1 Å². The minimum atomic E-state index is -0.199. The summed E-state index contributed by atoms with van der Waals surface area (Å²) in [6, 6.07) is 4.23. The highest BCUT2D eigenvalue weighted by Gasteiger charge is 2.44. The molecular weight excluding hydrogens is 378 g/mol. The lowest BCUT2D eigenvalue weighted by atomic mass is 9.71. The van der Waals surface area contributed by atoms with Crippen LogP contribution in [-0.4, -0.2) is 46.8 Å². The first-order chi connectivity index (χ1) is 14.3. The zero-order valence-electron chi connectivity index (χ0n) is 17.9. The van der Waals surface area contributed by atoms with Crippen molar-refractivity contribution >= 4 is 23.5 Å². The van der Waals surface area contributed by atoms with E-state index in [9.17, 15) is 9.59 Å². The fraction of sp³-hybridized carbons (Fsp3) is 0.478. The van der Waals surface area contributed by atoms with Crippen molar-refractivity contribution in [2.75, 3.05) is 30.8 Å². The number of carbonyl (C=O) groups excluding carboxylic acids is 2. The molecule has 1 fully saturated rings. The molecule has 0 radical (unpaired) electrons. The van der Waals surface area contributed by atoms with Gasteiger partial charge in [-0.3, -0.25) is 9.59 Å². The molecule has 5 rings (SSSR count). The van der Waals surface area contributed by atoms with Gasteiger partial charge >= 0.3 is 0 Å². The Morgan fingerprint density at radius 2 is 1.50 bits per heavy atom. The fourth-order valence-corrected chi connectivity index (χ4v) is 4.39. The maximum Gasteiger partial charge on any atom is 0.232 e. The molecule has 0 saturated carbocycles. The summed E-state index contributed by atoms with van der Waals surface area (Å²) in [6.45, 7) is 6.05. The summed E-state index contributed by atoms with van der Waals surface area (Å²) in [5.74, 6) is 1.73. The van der Waals surface area contributed by atoms with E-state index in [1.165, 1.54) is 5.56 Å². The van der Waals surface area contributed by atoms with Crippen LogP contribution in [0.4, 0.5) is 11.6 Å². The van der Waals surface area contributed by atoms with Crippen LogP contribution < -0.4 is 10.6 Å². The standard InChI is InChI=1S/C14H19N3O.C9H10N2O/c1-10-7-11-8-14(3-5-17(2)6-4-14)13(18)16-12(11)15-9-10;1-6-4-7-2-3-8(12)11-9(7)10-5-6/h7,9H,3-6,8H2,1-2H3,(H,15,16,18);4-5H,2-3H2,1H3,(H,10,11,12). The number of anilines is 2. The van der Waals surface area contributed by atoms with Crippen LogP contribution >= 0.6 is 0 Å².